The smallest absolute Gasteiger partial charge is 0.262 e. The number of hydrogen-bond donors (Lipinski definition) is 1. The fourth-order valence-electron chi connectivity index (χ4n) is 2.26. The van der Waals surface area contributed by atoms with Crippen molar-refractivity contribution in [2.45, 2.75) is 26.7 Å². The van der Waals surface area contributed by atoms with Crippen LogP contribution in [0.1, 0.15) is 25.8 Å². The second kappa shape index (κ2) is 9.47. The highest BCUT2D eigenvalue weighted by molar-refractivity contribution is 5.93. The van der Waals surface area contributed by atoms with Crippen LogP contribution in [0, 0.1) is 0 Å². The van der Waals surface area contributed by atoms with Crippen LogP contribution in [-0.4, -0.2) is 24.9 Å². The van der Waals surface area contributed by atoms with Crippen molar-refractivity contribution in [3.8, 4) is 11.5 Å². The van der Waals surface area contributed by atoms with Crippen molar-refractivity contribution in [3.63, 3.8) is 0 Å². The number of aryl methyl sites for hydroxylation is 1. The van der Waals surface area contributed by atoms with E-state index in [9.17, 15) is 9.59 Å². The molecule has 0 atom stereocenters. The van der Waals surface area contributed by atoms with Crippen molar-refractivity contribution >= 4 is 17.4 Å². The summed E-state index contributed by atoms with van der Waals surface area (Å²) in [5, 5.41) is 2.78. The number of anilines is 1. The van der Waals surface area contributed by atoms with Crippen LogP contribution >= 0.6 is 0 Å². The molecule has 5 heteroatoms. The number of ether oxygens (including phenoxy) is 2. The molecule has 5 nitrogen and oxygen atoms in total. The minimum absolute atomic E-state index is 0.0900. The first kappa shape index (κ1) is 18.5. The van der Waals surface area contributed by atoms with Gasteiger partial charge in [-0.1, -0.05) is 24.3 Å². The predicted octanol–water partition coefficient (Wildman–Crippen LogP) is 3.62. The van der Waals surface area contributed by atoms with Gasteiger partial charge in [0, 0.05) is 6.42 Å². The lowest BCUT2D eigenvalue weighted by atomic mass is 10.1. The summed E-state index contributed by atoms with van der Waals surface area (Å²) < 4.78 is 11.0. The molecule has 0 aliphatic carbocycles. The molecular weight excluding hydrogens is 318 g/mol. The first-order chi connectivity index (χ1) is 12.1. The number of benzene rings is 2. The van der Waals surface area contributed by atoms with Crippen LogP contribution in [0.5, 0.6) is 11.5 Å². The lowest BCUT2D eigenvalue weighted by Gasteiger charge is -2.12. The molecule has 0 aliphatic rings. The number of hydrogen-bond acceptors (Lipinski definition) is 4. The molecule has 2 aromatic carbocycles. The largest absolute Gasteiger partial charge is 0.492 e. The summed E-state index contributed by atoms with van der Waals surface area (Å²) in [6.07, 6.45) is 1.24. The van der Waals surface area contributed by atoms with E-state index in [-0.39, 0.29) is 18.3 Å². The van der Waals surface area contributed by atoms with E-state index >= 15 is 0 Å². The average Bonchev–Trinajstić information content (AvgIpc) is 2.61. The Balaban J connectivity index is 1.84. The van der Waals surface area contributed by atoms with Crippen LogP contribution in [-0.2, 0) is 16.0 Å². The summed E-state index contributed by atoms with van der Waals surface area (Å²) >= 11 is 0. The van der Waals surface area contributed by atoms with Crippen LogP contribution in [0.2, 0.25) is 0 Å². The molecule has 0 fully saturated rings. The van der Waals surface area contributed by atoms with Crippen LogP contribution < -0.4 is 14.8 Å². The van der Waals surface area contributed by atoms with Gasteiger partial charge in [-0.3, -0.25) is 4.79 Å². The first-order valence-electron chi connectivity index (χ1n) is 8.31. The normalized spacial score (nSPS) is 10.2. The molecule has 0 aromatic heterocycles. The van der Waals surface area contributed by atoms with Gasteiger partial charge in [-0.15, -0.1) is 0 Å². The monoisotopic (exact) mass is 341 g/mol. The van der Waals surface area contributed by atoms with Gasteiger partial charge in [0.05, 0.1) is 12.3 Å². The number of rotatable bonds is 9. The fourth-order valence-corrected chi connectivity index (χ4v) is 2.26. The third kappa shape index (κ3) is 6.30. The Morgan fingerprint density at radius 2 is 1.72 bits per heavy atom. The number of carbonyl (C=O) groups excluding carboxylic acids is 2. The molecule has 0 saturated heterocycles. The highest BCUT2D eigenvalue weighted by atomic mass is 16.5. The van der Waals surface area contributed by atoms with E-state index in [0.29, 0.717) is 36.6 Å². The number of amides is 1. The SMILES string of the molecule is CCOc1ccccc1NC(=O)COc1ccc(CCC(C)=O)cc1. The van der Waals surface area contributed by atoms with Crippen molar-refractivity contribution in [2.75, 3.05) is 18.5 Å². The van der Waals surface area contributed by atoms with Crippen LogP contribution in [0.15, 0.2) is 48.5 Å². The number of nitrogens with one attached hydrogen (secondary N) is 1. The van der Waals surface area contributed by atoms with E-state index in [1.54, 1.807) is 31.2 Å². The van der Waals surface area contributed by atoms with Gasteiger partial charge in [0.1, 0.15) is 17.3 Å². The number of Topliss-reactive ketones (excluding diaryl/α,β-unsaturated/α-hetero) is 1. The maximum atomic E-state index is 12.1. The van der Waals surface area contributed by atoms with Gasteiger partial charge in [-0.2, -0.15) is 0 Å². The molecule has 132 valence electrons. The molecule has 0 saturated carbocycles. The summed E-state index contributed by atoms with van der Waals surface area (Å²) in [4.78, 5) is 23.1. The highest BCUT2D eigenvalue weighted by Gasteiger charge is 2.08. The van der Waals surface area contributed by atoms with Crippen molar-refractivity contribution in [1.82, 2.24) is 0 Å². The summed E-state index contributed by atoms with van der Waals surface area (Å²) in [5.74, 6) is 1.16. The minimum Gasteiger partial charge on any atom is -0.492 e. The van der Waals surface area contributed by atoms with Gasteiger partial charge < -0.3 is 19.6 Å². The molecule has 0 heterocycles. The maximum Gasteiger partial charge on any atom is 0.262 e. The summed E-state index contributed by atoms with van der Waals surface area (Å²) in [6.45, 7) is 3.91. The quantitative estimate of drug-likeness (QED) is 0.756. The topological polar surface area (TPSA) is 64.6 Å². The molecule has 0 bridgehead atoms. The molecular formula is C20H23NO4. The second-order valence-corrected chi connectivity index (χ2v) is 5.61. The van der Waals surface area contributed by atoms with Gasteiger partial charge in [-0.25, -0.2) is 0 Å². The van der Waals surface area contributed by atoms with Crippen molar-refractivity contribution in [3.05, 3.63) is 54.1 Å². The standard InChI is InChI=1S/C20H23NO4/c1-3-24-19-7-5-4-6-18(19)21-20(23)14-25-17-12-10-16(11-13-17)9-8-15(2)22/h4-7,10-13H,3,8-9,14H2,1-2H3,(H,21,23). The Labute approximate surface area is 148 Å². The Kier molecular flexibility index (Phi) is 7.01. The third-order valence-corrected chi connectivity index (χ3v) is 3.52. The van der Waals surface area contributed by atoms with E-state index in [1.165, 1.54) is 0 Å². The van der Waals surface area contributed by atoms with E-state index < -0.39 is 0 Å². The van der Waals surface area contributed by atoms with Crippen molar-refractivity contribution in [2.24, 2.45) is 0 Å². The van der Waals surface area contributed by atoms with Gasteiger partial charge in [-0.05, 0) is 50.1 Å². The molecule has 25 heavy (non-hydrogen) atoms. The van der Waals surface area contributed by atoms with E-state index in [4.69, 9.17) is 9.47 Å². The first-order valence-corrected chi connectivity index (χ1v) is 8.31. The average molecular weight is 341 g/mol. The number of ketones is 1. The van der Waals surface area contributed by atoms with Crippen LogP contribution in [0.4, 0.5) is 5.69 Å². The van der Waals surface area contributed by atoms with E-state index in [1.807, 2.05) is 31.2 Å². The Morgan fingerprint density at radius 1 is 1.00 bits per heavy atom. The van der Waals surface area contributed by atoms with Crippen LogP contribution in [0.3, 0.4) is 0 Å². The molecule has 0 radical (unpaired) electrons. The predicted molar refractivity (Wildman–Crippen MR) is 97.2 cm³/mol. The lowest BCUT2D eigenvalue weighted by molar-refractivity contribution is -0.118. The van der Waals surface area contributed by atoms with Gasteiger partial charge in [0.15, 0.2) is 6.61 Å². The zero-order valence-electron chi connectivity index (χ0n) is 14.6. The Morgan fingerprint density at radius 3 is 2.40 bits per heavy atom. The second-order valence-electron chi connectivity index (χ2n) is 5.61. The number of carbonyl (C=O) groups is 2. The van der Waals surface area contributed by atoms with E-state index in [0.717, 1.165) is 5.56 Å². The summed E-state index contributed by atoms with van der Waals surface area (Å²) in [6, 6.07) is 14.7. The van der Waals surface area contributed by atoms with Gasteiger partial charge >= 0.3 is 0 Å². The van der Waals surface area contributed by atoms with Crippen molar-refractivity contribution in [1.29, 1.82) is 0 Å². The van der Waals surface area contributed by atoms with Crippen LogP contribution in [0.25, 0.3) is 0 Å². The molecule has 0 unspecified atom stereocenters. The third-order valence-electron chi connectivity index (χ3n) is 3.52. The lowest BCUT2D eigenvalue weighted by Crippen LogP contribution is -2.20. The molecule has 0 spiro atoms. The molecule has 1 amide bonds. The maximum absolute atomic E-state index is 12.1. The molecule has 2 rings (SSSR count). The van der Waals surface area contributed by atoms with Gasteiger partial charge in [0.2, 0.25) is 0 Å². The fraction of sp³-hybridized carbons (Fsp3) is 0.300. The summed E-state index contributed by atoms with van der Waals surface area (Å²) in [7, 11) is 0. The zero-order chi connectivity index (χ0) is 18.1. The van der Waals surface area contributed by atoms with Crippen molar-refractivity contribution < 1.29 is 19.1 Å². The summed E-state index contributed by atoms with van der Waals surface area (Å²) in [5.41, 5.74) is 1.69. The molecule has 2 aromatic rings. The van der Waals surface area contributed by atoms with Gasteiger partial charge in [0.25, 0.3) is 5.91 Å². The zero-order valence-corrected chi connectivity index (χ0v) is 14.6. The number of para-hydroxylation sites is 2. The molecule has 1 N–H and O–H groups in total. The van der Waals surface area contributed by atoms with E-state index in [2.05, 4.69) is 5.32 Å². The highest BCUT2D eigenvalue weighted by Crippen LogP contribution is 2.23. The minimum atomic E-state index is -0.257. The molecule has 0 aliphatic heterocycles. The Hall–Kier alpha value is -2.82. The Bertz CT molecular complexity index is 710.